The van der Waals surface area contributed by atoms with Gasteiger partial charge in [-0.25, -0.2) is 0 Å². The predicted octanol–water partition coefficient (Wildman–Crippen LogP) is 9.15. The molecule has 0 fully saturated rings. The summed E-state index contributed by atoms with van der Waals surface area (Å²) >= 11 is 0. The van der Waals surface area contributed by atoms with Crippen molar-refractivity contribution in [1.82, 2.24) is 0 Å². The lowest BCUT2D eigenvalue weighted by Crippen LogP contribution is -2.33. The molecule has 6 aromatic carbocycles. The van der Waals surface area contributed by atoms with Gasteiger partial charge in [0, 0.05) is 11.3 Å². The molecule has 0 heteroatoms. The topological polar surface area (TPSA) is 0 Å². The molecule has 7 rings (SSSR count). The van der Waals surface area contributed by atoms with Crippen molar-refractivity contribution in [3.63, 3.8) is 0 Å². The zero-order chi connectivity index (χ0) is 24.3. The number of hydrogen-bond acceptors (Lipinski definition) is 0. The van der Waals surface area contributed by atoms with E-state index < -0.39 is 0 Å². The summed E-state index contributed by atoms with van der Waals surface area (Å²) in [4.78, 5) is 0. The Morgan fingerprint density at radius 3 is 1.89 bits per heavy atom. The van der Waals surface area contributed by atoms with Crippen LogP contribution in [0.25, 0.3) is 21.5 Å². The monoisotopic (exact) mass is 460 g/mol. The molecule has 0 heterocycles. The van der Waals surface area contributed by atoms with Crippen LogP contribution in [0.1, 0.15) is 51.8 Å². The second-order valence-corrected chi connectivity index (χ2v) is 10.4. The lowest BCUT2D eigenvalue weighted by molar-refractivity contribution is 0.640. The Hall–Kier alpha value is -4.16. The molecule has 0 nitrogen and oxygen atoms in total. The van der Waals surface area contributed by atoms with Crippen molar-refractivity contribution in [1.29, 1.82) is 0 Å². The third-order valence-corrected chi connectivity index (χ3v) is 8.30. The number of hydrogen-bond donors (Lipinski definition) is 0. The van der Waals surface area contributed by atoms with Crippen LogP contribution >= 0.6 is 0 Å². The first-order chi connectivity index (χ1) is 17.6. The summed E-state index contributed by atoms with van der Waals surface area (Å²) < 4.78 is 0. The molecular formula is C36H28. The van der Waals surface area contributed by atoms with E-state index in [0.29, 0.717) is 0 Å². The second-order valence-electron chi connectivity index (χ2n) is 10.4. The highest BCUT2D eigenvalue weighted by Crippen LogP contribution is 2.52. The summed E-state index contributed by atoms with van der Waals surface area (Å²) in [5, 5.41) is 5.16. The van der Waals surface area contributed by atoms with E-state index in [1.807, 2.05) is 0 Å². The standard InChI is InChI=1S/C36H28/c1-24-15-20-34-32(21-24)35(29-17-16-25-9-3-5-11-27(25)22-29)31-13-7-8-14-33(31)36(34,2)30-19-18-26-10-4-6-12-28(26)23-30/h3-23,35H,1-2H3. The van der Waals surface area contributed by atoms with Crippen molar-refractivity contribution in [3.05, 3.63) is 166 Å². The van der Waals surface area contributed by atoms with Gasteiger partial charge >= 0.3 is 0 Å². The van der Waals surface area contributed by atoms with E-state index in [2.05, 4.69) is 141 Å². The SMILES string of the molecule is Cc1ccc2c(c1)C(c1ccc3ccccc3c1)c1ccccc1C2(C)c1ccc2ccccc2c1. The van der Waals surface area contributed by atoms with Crippen LogP contribution in [-0.4, -0.2) is 0 Å². The minimum Gasteiger partial charge on any atom is -0.0619 e. The molecule has 0 saturated carbocycles. The van der Waals surface area contributed by atoms with Gasteiger partial charge in [-0.15, -0.1) is 0 Å². The molecule has 0 radical (unpaired) electrons. The van der Waals surface area contributed by atoms with Gasteiger partial charge in [-0.2, -0.15) is 0 Å². The van der Waals surface area contributed by atoms with Crippen LogP contribution in [0.15, 0.2) is 127 Å². The molecule has 0 N–H and O–H groups in total. The fraction of sp³-hybridized carbons (Fsp3) is 0.111. The number of fused-ring (bicyclic) bond motifs is 4. The van der Waals surface area contributed by atoms with Crippen LogP contribution in [0.4, 0.5) is 0 Å². The van der Waals surface area contributed by atoms with E-state index in [0.717, 1.165) is 0 Å². The highest BCUT2D eigenvalue weighted by atomic mass is 14.4. The molecule has 36 heavy (non-hydrogen) atoms. The zero-order valence-electron chi connectivity index (χ0n) is 20.7. The van der Waals surface area contributed by atoms with E-state index in [4.69, 9.17) is 0 Å². The average molecular weight is 461 g/mol. The number of aryl methyl sites for hydroxylation is 1. The highest BCUT2D eigenvalue weighted by molar-refractivity contribution is 5.85. The minimum absolute atomic E-state index is 0.203. The Morgan fingerprint density at radius 1 is 0.500 bits per heavy atom. The van der Waals surface area contributed by atoms with Crippen LogP contribution < -0.4 is 0 Å². The Bertz CT molecular complexity index is 1770. The quantitative estimate of drug-likeness (QED) is 0.242. The van der Waals surface area contributed by atoms with Crippen LogP contribution in [0.5, 0.6) is 0 Å². The average Bonchev–Trinajstić information content (AvgIpc) is 2.92. The van der Waals surface area contributed by atoms with Gasteiger partial charge in [0.1, 0.15) is 0 Å². The third-order valence-electron chi connectivity index (χ3n) is 8.30. The largest absolute Gasteiger partial charge is 0.0619 e. The van der Waals surface area contributed by atoms with Crippen molar-refractivity contribution in [2.75, 3.05) is 0 Å². The number of rotatable bonds is 2. The van der Waals surface area contributed by atoms with Gasteiger partial charge in [0.25, 0.3) is 0 Å². The molecule has 0 aromatic heterocycles. The third kappa shape index (κ3) is 3.08. The van der Waals surface area contributed by atoms with Gasteiger partial charge in [0.05, 0.1) is 0 Å². The molecule has 0 spiro atoms. The molecule has 172 valence electrons. The maximum Gasteiger partial charge on any atom is 0.0429 e. The summed E-state index contributed by atoms with van der Waals surface area (Å²) in [6.07, 6.45) is 0. The highest BCUT2D eigenvalue weighted by Gasteiger charge is 2.42. The van der Waals surface area contributed by atoms with E-state index in [9.17, 15) is 0 Å². The molecular weight excluding hydrogens is 432 g/mol. The Labute approximate surface area is 212 Å². The van der Waals surface area contributed by atoms with Crippen LogP contribution in [-0.2, 0) is 5.41 Å². The van der Waals surface area contributed by atoms with Gasteiger partial charge in [-0.3, -0.25) is 0 Å². The molecule has 0 aliphatic heterocycles. The molecule has 0 bridgehead atoms. The fourth-order valence-electron chi connectivity index (χ4n) is 6.45. The van der Waals surface area contributed by atoms with Crippen molar-refractivity contribution in [2.24, 2.45) is 0 Å². The molecule has 0 amide bonds. The van der Waals surface area contributed by atoms with Crippen LogP contribution in [0, 0.1) is 6.92 Å². The smallest absolute Gasteiger partial charge is 0.0429 e. The van der Waals surface area contributed by atoms with Crippen LogP contribution in [0.2, 0.25) is 0 Å². The lowest BCUT2D eigenvalue weighted by Gasteiger charge is -2.42. The summed E-state index contributed by atoms with van der Waals surface area (Å²) in [6, 6.07) is 47.5. The van der Waals surface area contributed by atoms with E-state index in [1.165, 1.54) is 60.5 Å². The first-order valence-electron chi connectivity index (χ1n) is 12.8. The summed E-state index contributed by atoms with van der Waals surface area (Å²) in [5.74, 6) is 0.203. The van der Waals surface area contributed by atoms with Gasteiger partial charge < -0.3 is 0 Å². The van der Waals surface area contributed by atoms with Crippen molar-refractivity contribution < 1.29 is 0 Å². The normalized spacial score (nSPS) is 18.7. The molecule has 1 aliphatic rings. The molecule has 0 saturated heterocycles. The van der Waals surface area contributed by atoms with Crippen molar-refractivity contribution in [2.45, 2.75) is 25.2 Å². The van der Waals surface area contributed by atoms with Gasteiger partial charge in [0.15, 0.2) is 0 Å². The second kappa shape index (κ2) is 7.93. The summed E-state index contributed by atoms with van der Waals surface area (Å²) in [7, 11) is 0. The van der Waals surface area contributed by atoms with Crippen molar-refractivity contribution in [3.8, 4) is 0 Å². The van der Waals surface area contributed by atoms with Gasteiger partial charge in [0.2, 0.25) is 0 Å². The van der Waals surface area contributed by atoms with E-state index in [-0.39, 0.29) is 11.3 Å². The van der Waals surface area contributed by atoms with Gasteiger partial charge in [-0.05, 0) is 74.8 Å². The molecule has 6 aromatic rings. The zero-order valence-corrected chi connectivity index (χ0v) is 20.7. The maximum absolute atomic E-state index is 2.42. The predicted molar refractivity (Wildman–Crippen MR) is 152 cm³/mol. The van der Waals surface area contributed by atoms with Crippen molar-refractivity contribution >= 4 is 21.5 Å². The van der Waals surface area contributed by atoms with E-state index >= 15 is 0 Å². The molecule has 1 aliphatic carbocycles. The Kier molecular flexibility index (Phi) is 4.66. The first-order valence-corrected chi connectivity index (χ1v) is 12.8. The molecule has 2 atom stereocenters. The lowest BCUT2D eigenvalue weighted by atomic mass is 9.60. The van der Waals surface area contributed by atoms with Crippen LogP contribution in [0.3, 0.4) is 0 Å². The Balaban J connectivity index is 1.53. The fourth-order valence-corrected chi connectivity index (χ4v) is 6.45. The Morgan fingerprint density at radius 2 is 1.11 bits per heavy atom. The summed E-state index contributed by atoms with van der Waals surface area (Å²) in [5.41, 5.74) is 9.39. The first kappa shape index (κ1) is 21.1. The number of benzene rings is 6. The minimum atomic E-state index is -0.239. The van der Waals surface area contributed by atoms with Gasteiger partial charge in [-0.1, -0.05) is 127 Å². The summed E-state index contributed by atoms with van der Waals surface area (Å²) in [6.45, 7) is 4.63. The molecule has 2 unspecified atom stereocenters. The maximum atomic E-state index is 2.42. The van der Waals surface area contributed by atoms with E-state index in [1.54, 1.807) is 0 Å².